The van der Waals surface area contributed by atoms with Gasteiger partial charge in [0.15, 0.2) is 11.6 Å². The van der Waals surface area contributed by atoms with Crippen LogP contribution in [-0.2, 0) is 15.0 Å². The summed E-state index contributed by atoms with van der Waals surface area (Å²) in [5, 5.41) is 12.5. The molecule has 0 saturated carbocycles. The second kappa shape index (κ2) is 9.45. The number of likely N-dealkylation sites (N-methyl/N-ethyl adjacent to an activating group) is 1. The lowest BCUT2D eigenvalue weighted by molar-refractivity contribution is -0.136. The molecule has 1 fully saturated rings. The molecule has 0 radical (unpaired) electrons. The molecule has 2 aliphatic rings. The number of halogens is 3. The quantitative estimate of drug-likeness (QED) is 0.478. The van der Waals surface area contributed by atoms with Crippen LogP contribution in [0.25, 0.3) is 10.9 Å². The number of amides is 3. The van der Waals surface area contributed by atoms with E-state index in [1.807, 2.05) is 13.8 Å². The van der Waals surface area contributed by atoms with E-state index >= 15 is 0 Å². The Hall–Kier alpha value is -4.33. The number of hydrogen-bond donors (Lipinski definition) is 2. The van der Waals surface area contributed by atoms with Gasteiger partial charge >= 0.3 is 0 Å². The first-order valence-electron chi connectivity index (χ1n) is 12.5. The maximum absolute atomic E-state index is 14.3. The van der Waals surface area contributed by atoms with Crippen molar-refractivity contribution in [1.82, 2.24) is 14.8 Å². The van der Waals surface area contributed by atoms with Gasteiger partial charge in [-0.25, -0.2) is 13.2 Å². The van der Waals surface area contributed by atoms with E-state index in [0.717, 1.165) is 11.0 Å². The van der Waals surface area contributed by atoms with Crippen LogP contribution in [0.1, 0.15) is 42.7 Å². The first kappa shape index (κ1) is 26.3. The Labute approximate surface area is 222 Å². The number of benzene rings is 2. The molecule has 2 aliphatic heterocycles. The number of likely N-dealkylation sites (tertiary alicyclic amines) is 1. The van der Waals surface area contributed by atoms with Gasteiger partial charge in [-0.15, -0.1) is 0 Å². The Morgan fingerprint density at radius 2 is 1.92 bits per heavy atom. The molecular weight excluding hydrogens is 511 g/mol. The second-order valence-corrected chi connectivity index (χ2v) is 10.6. The third-order valence-electron chi connectivity index (χ3n) is 7.67. The minimum atomic E-state index is -1.40. The summed E-state index contributed by atoms with van der Waals surface area (Å²) in [6.45, 7) is 3.69. The Balaban J connectivity index is 1.48. The van der Waals surface area contributed by atoms with Crippen LogP contribution in [0.3, 0.4) is 0 Å². The Morgan fingerprint density at radius 3 is 2.62 bits per heavy atom. The zero-order valence-electron chi connectivity index (χ0n) is 21.5. The van der Waals surface area contributed by atoms with Gasteiger partial charge in [-0.2, -0.15) is 5.26 Å². The van der Waals surface area contributed by atoms with E-state index < -0.39 is 52.3 Å². The SMILES string of the molecule is CC(C)CC(C(=O)N1CC2(CC1C#N)C(=O)Nc1ccccc12)N(C)C(=O)c1cc2c(F)cc(F)c(F)c2[nH]1. The van der Waals surface area contributed by atoms with E-state index in [1.54, 1.807) is 24.3 Å². The largest absolute Gasteiger partial charge is 0.348 e. The van der Waals surface area contributed by atoms with Gasteiger partial charge in [0, 0.05) is 37.2 Å². The standard InChI is InChI=1S/C28H26F3N5O3/c1-14(2)8-22(35(3)25(37)21-9-16-18(29)10-19(30)23(31)24(16)33-21)26(38)36-13-28(11-15(36)12-32)17-6-4-5-7-20(17)34-27(28)39/h4-7,9-10,14-15,22,33H,8,11,13H2,1-3H3,(H,34,39). The molecule has 2 aromatic carbocycles. The fraction of sp³-hybridized carbons (Fsp3) is 0.357. The normalized spacial score (nSPS) is 20.8. The number of aromatic nitrogens is 1. The lowest BCUT2D eigenvalue weighted by Crippen LogP contribution is -2.52. The summed E-state index contributed by atoms with van der Waals surface area (Å²) in [5.41, 5.74) is -0.461. The van der Waals surface area contributed by atoms with Gasteiger partial charge < -0.3 is 20.1 Å². The predicted molar refractivity (Wildman–Crippen MR) is 136 cm³/mol. The lowest BCUT2D eigenvalue weighted by atomic mass is 9.80. The second-order valence-electron chi connectivity index (χ2n) is 10.6. The van der Waals surface area contributed by atoms with Crippen LogP contribution < -0.4 is 5.32 Å². The van der Waals surface area contributed by atoms with Crippen molar-refractivity contribution in [2.45, 2.75) is 44.2 Å². The molecule has 3 heterocycles. The first-order valence-corrected chi connectivity index (χ1v) is 12.5. The van der Waals surface area contributed by atoms with Crippen molar-refractivity contribution in [2.75, 3.05) is 18.9 Å². The van der Waals surface area contributed by atoms with Crippen LogP contribution >= 0.6 is 0 Å². The maximum atomic E-state index is 14.3. The van der Waals surface area contributed by atoms with Crippen LogP contribution in [0.4, 0.5) is 18.9 Å². The highest BCUT2D eigenvalue weighted by atomic mass is 19.2. The lowest BCUT2D eigenvalue weighted by Gasteiger charge is -2.33. The minimum Gasteiger partial charge on any atom is -0.348 e. The molecule has 5 rings (SSSR count). The van der Waals surface area contributed by atoms with E-state index in [9.17, 15) is 32.8 Å². The van der Waals surface area contributed by atoms with E-state index in [2.05, 4.69) is 16.4 Å². The predicted octanol–water partition coefficient (Wildman–Crippen LogP) is 4.09. The van der Waals surface area contributed by atoms with Gasteiger partial charge in [0.05, 0.1) is 17.0 Å². The van der Waals surface area contributed by atoms with Gasteiger partial charge in [-0.05, 0) is 30.0 Å². The average Bonchev–Trinajstić information content (AvgIpc) is 3.60. The molecule has 1 saturated heterocycles. The summed E-state index contributed by atoms with van der Waals surface area (Å²) in [6.07, 6.45) is 0.333. The van der Waals surface area contributed by atoms with Crippen molar-refractivity contribution in [2.24, 2.45) is 5.92 Å². The summed E-state index contributed by atoms with van der Waals surface area (Å²) in [4.78, 5) is 45.5. The molecule has 39 heavy (non-hydrogen) atoms. The summed E-state index contributed by atoms with van der Waals surface area (Å²) in [6, 6.07) is 8.80. The fourth-order valence-corrected chi connectivity index (χ4v) is 5.68. The molecule has 3 atom stereocenters. The molecule has 3 amide bonds. The molecule has 2 N–H and O–H groups in total. The van der Waals surface area contributed by atoms with Crippen molar-refractivity contribution in [3.05, 3.63) is 65.1 Å². The van der Waals surface area contributed by atoms with Gasteiger partial charge in [-0.3, -0.25) is 14.4 Å². The summed E-state index contributed by atoms with van der Waals surface area (Å²) < 4.78 is 42.2. The monoisotopic (exact) mass is 537 g/mol. The summed E-state index contributed by atoms with van der Waals surface area (Å²) in [7, 11) is 1.39. The van der Waals surface area contributed by atoms with Gasteiger partial charge in [0.1, 0.15) is 23.6 Å². The Morgan fingerprint density at radius 1 is 1.21 bits per heavy atom. The van der Waals surface area contributed by atoms with Crippen molar-refractivity contribution >= 4 is 34.3 Å². The number of hydrogen-bond acceptors (Lipinski definition) is 4. The number of carbonyl (C=O) groups is 3. The highest BCUT2D eigenvalue weighted by Gasteiger charge is 2.56. The molecular formula is C28H26F3N5O3. The summed E-state index contributed by atoms with van der Waals surface area (Å²) in [5.74, 6) is -5.35. The zero-order chi connectivity index (χ0) is 28.2. The molecule has 8 nitrogen and oxygen atoms in total. The molecule has 3 aromatic rings. The first-order chi connectivity index (χ1) is 18.5. The number of H-pyrrole nitrogens is 1. The number of rotatable bonds is 5. The number of fused-ring (bicyclic) bond motifs is 3. The maximum Gasteiger partial charge on any atom is 0.270 e. The van der Waals surface area contributed by atoms with Crippen molar-refractivity contribution in [3.8, 4) is 6.07 Å². The van der Waals surface area contributed by atoms with E-state index in [4.69, 9.17) is 0 Å². The molecule has 1 aromatic heterocycles. The van der Waals surface area contributed by atoms with Crippen LogP contribution in [0, 0.1) is 34.7 Å². The van der Waals surface area contributed by atoms with Crippen LogP contribution in [0.2, 0.25) is 0 Å². The van der Waals surface area contributed by atoms with Gasteiger partial charge in [0.2, 0.25) is 11.8 Å². The smallest absolute Gasteiger partial charge is 0.270 e. The molecule has 0 bridgehead atoms. The average molecular weight is 538 g/mol. The molecule has 0 aliphatic carbocycles. The number of nitriles is 1. The Bertz CT molecular complexity index is 1560. The number of aromatic amines is 1. The zero-order valence-corrected chi connectivity index (χ0v) is 21.5. The third kappa shape index (κ3) is 4.11. The summed E-state index contributed by atoms with van der Waals surface area (Å²) >= 11 is 0. The molecule has 11 heteroatoms. The topological polar surface area (TPSA) is 109 Å². The minimum absolute atomic E-state index is 0.0361. The van der Waals surface area contributed by atoms with Gasteiger partial charge in [-0.1, -0.05) is 32.0 Å². The molecule has 202 valence electrons. The number of nitrogens with one attached hydrogen (secondary N) is 2. The number of para-hydroxylation sites is 1. The van der Waals surface area contributed by atoms with E-state index in [1.165, 1.54) is 11.9 Å². The van der Waals surface area contributed by atoms with Crippen molar-refractivity contribution in [1.29, 1.82) is 5.26 Å². The van der Waals surface area contributed by atoms with Gasteiger partial charge in [0.25, 0.3) is 5.91 Å². The van der Waals surface area contributed by atoms with Crippen LogP contribution in [-0.4, -0.2) is 58.2 Å². The van der Waals surface area contributed by atoms with Crippen LogP contribution in [0.15, 0.2) is 36.4 Å². The molecule has 1 spiro atoms. The number of anilines is 1. The highest BCUT2D eigenvalue weighted by Crippen LogP contribution is 2.46. The van der Waals surface area contributed by atoms with E-state index in [0.29, 0.717) is 17.3 Å². The van der Waals surface area contributed by atoms with Crippen molar-refractivity contribution < 1.29 is 27.6 Å². The molecule has 3 unspecified atom stereocenters. The third-order valence-corrected chi connectivity index (χ3v) is 7.67. The Kier molecular flexibility index (Phi) is 6.37. The fourth-order valence-electron chi connectivity index (χ4n) is 5.68. The van der Waals surface area contributed by atoms with Crippen LogP contribution in [0.5, 0.6) is 0 Å². The van der Waals surface area contributed by atoms with E-state index in [-0.39, 0.29) is 42.3 Å². The highest BCUT2D eigenvalue weighted by molar-refractivity contribution is 6.07. The number of carbonyl (C=O) groups excluding carboxylic acids is 3. The van der Waals surface area contributed by atoms with Crippen molar-refractivity contribution in [3.63, 3.8) is 0 Å². The number of nitrogens with zero attached hydrogens (tertiary/aromatic N) is 3.